The number of thiol groups is 2. The van der Waals surface area contributed by atoms with Crippen LogP contribution in [0.15, 0.2) is 0 Å². The van der Waals surface area contributed by atoms with Crippen LogP contribution in [0, 0.1) is 0 Å². The van der Waals surface area contributed by atoms with Crippen molar-refractivity contribution in [1.29, 1.82) is 0 Å². The largest absolute Gasteiger partial charge is 0.465 e. The molecule has 0 fully saturated rings. The number of hydrogen-bond acceptors (Lipinski definition) is 5. The van der Waals surface area contributed by atoms with Gasteiger partial charge in [0.05, 0.1) is 0 Å². The molecule has 0 aromatic carbocycles. The first-order valence-corrected chi connectivity index (χ1v) is 6.01. The highest BCUT2D eigenvalue weighted by molar-refractivity contribution is 8.11. The van der Waals surface area contributed by atoms with E-state index in [1.165, 1.54) is 11.8 Å². The predicted molar refractivity (Wildman–Crippen MR) is 71.9 cm³/mol. The molecule has 0 bridgehead atoms. The molecule has 0 aromatic rings. The number of rotatable bonds is 4. The van der Waals surface area contributed by atoms with E-state index in [0.717, 1.165) is 0 Å². The van der Waals surface area contributed by atoms with Crippen LogP contribution in [0.2, 0.25) is 0 Å². The van der Waals surface area contributed by atoms with Crippen molar-refractivity contribution >= 4 is 70.2 Å². The van der Waals surface area contributed by atoms with Crippen molar-refractivity contribution in [2.75, 3.05) is 0 Å². The van der Waals surface area contributed by atoms with Gasteiger partial charge in [-0.25, -0.2) is 0 Å². The van der Waals surface area contributed by atoms with Crippen molar-refractivity contribution in [2.24, 2.45) is 0 Å². The Hall–Kier alpha value is 0.830. The smallest absolute Gasteiger partial charge is 0.217 e. The zero-order valence-corrected chi connectivity index (χ0v) is 11.3. The summed E-state index contributed by atoms with van der Waals surface area (Å²) in [6.07, 6.45) is 0. The summed E-state index contributed by atoms with van der Waals surface area (Å²) in [6, 6.07) is 0. The third-order valence-corrected chi connectivity index (χ3v) is 2.28. The van der Waals surface area contributed by atoms with Crippen LogP contribution in [0.5, 0.6) is 0 Å². The number of hydrogen-bond donors (Lipinski definition) is 2. The molecule has 0 amide bonds. The molecular weight excluding hydrogens is 264 g/mol. The topological polar surface area (TPSA) is 18.5 Å². The second-order valence-electron chi connectivity index (χ2n) is 2.04. The number of thiocarbonyl (C=S) groups is 2. The van der Waals surface area contributed by atoms with E-state index in [2.05, 4.69) is 49.7 Å². The molecule has 76 valence electrons. The van der Waals surface area contributed by atoms with Crippen LogP contribution in [-0.4, -0.2) is 19.6 Å². The Morgan fingerprint density at radius 2 is 1.38 bits per heavy atom. The summed E-state index contributed by atoms with van der Waals surface area (Å²) >= 11 is 18.4. The van der Waals surface area contributed by atoms with E-state index in [-0.39, 0.29) is 19.6 Å². The average Bonchev–Trinajstić information content (AvgIpc) is 1.80. The standard InChI is InChI=1S/C6H10O2S5/c1-3(7-5(9)10)13-4(2)8-6(11)12/h3-4H,1-2H3,(H,9,10)(H,11,12). The van der Waals surface area contributed by atoms with Crippen molar-refractivity contribution in [3.63, 3.8) is 0 Å². The average molecular weight is 274 g/mol. The zero-order chi connectivity index (χ0) is 10.4. The zero-order valence-electron chi connectivity index (χ0n) is 7.09. The van der Waals surface area contributed by atoms with E-state index >= 15 is 0 Å². The van der Waals surface area contributed by atoms with E-state index in [1.54, 1.807) is 0 Å². The second-order valence-corrected chi connectivity index (χ2v) is 5.80. The Balaban J connectivity index is 3.70. The minimum atomic E-state index is -0.109. The van der Waals surface area contributed by atoms with Gasteiger partial charge < -0.3 is 9.47 Å². The molecule has 0 saturated heterocycles. The van der Waals surface area contributed by atoms with Gasteiger partial charge in [-0.15, -0.1) is 0 Å². The van der Waals surface area contributed by atoms with Gasteiger partial charge in [-0.1, -0.05) is 37.0 Å². The van der Waals surface area contributed by atoms with Gasteiger partial charge in [0.25, 0.3) is 0 Å². The van der Waals surface area contributed by atoms with Gasteiger partial charge in [-0.2, -0.15) is 0 Å². The summed E-state index contributed by atoms with van der Waals surface area (Å²) in [7, 11) is 0. The fourth-order valence-corrected chi connectivity index (χ4v) is 2.32. The highest BCUT2D eigenvalue weighted by Gasteiger charge is 2.11. The Labute approximate surface area is 104 Å². The SMILES string of the molecule is CC(OC(=S)S)SC(C)OC(=S)S. The van der Waals surface area contributed by atoms with Crippen LogP contribution in [0.4, 0.5) is 0 Å². The van der Waals surface area contributed by atoms with Crippen molar-refractivity contribution in [3.8, 4) is 0 Å². The van der Waals surface area contributed by atoms with E-state index in [1.807, 2.05) is 13.8 Å². The molecule has 2 atom stereocenters. The van der Waals surface area contributed by atoms with Gasteiger partial charge in [0.15, 0.2) is 0 Å². The second kappa shape index (κ2) is 7.17. The highest BCUT2D eigenvalue weighted by atomic mass is 32.2. The van der Waals surface area contributed by atoms with Gasteiger partial charge in [0, 0.05) is 0 Å². The minimum Gasteiger partial charge on any atom is -0.465 e. The molecule has 0 aliphatic rings. The van der Waals surface area contributed by atoms with Crippen LogP contribution in [0.3, 0.4) is 0 Å². The molecule has 0 saturated carbocycles. The molecule has 0 N–H and O–H groups in total. The number of ether oxygens (including phenoxy) is 2. The monoisotopic (exact) mass is 274 g/mol. The van der Waals surface area contributed by atoms with E-state index in [0.29, 0.717) is 0 Å². The van der Waals surface area contributed by atoms with E-state index < -0.39 is 0 Å². The summed E-state index contributed by atoms with van der Waals surface area (Å²) in [4.78, 5) is 0. The normalized spacial score (nSPS) is 14.5. The van der Waals surface area contributed by atoms with Gasteiger partial charge in [-0.3, -0.25) is 0 Å². The van der Waals surface area contributed by atoms with Crippen molar-refractivity contribution in [3.05, 3.63) is 0 Å². The summed E-state index contributed by atoms with van der Waals surface area (Å²) in [5.41, 5.74) is -0.217. The quantitative estimate of drug-likeness (QED) is 0.465. The molecule has 0 rings (SSSR count). The summed E-state index contributed by atoms with van der Waals surface area (Å²) in [5, 5.41) is 0. The van der Waals surface area contributed by atoms with E-state index in [9.17, 15) is 0 Å². The minimum absolute atomic E-state index is 0.109. The lowest BCUT2D eigenvalue weighted by Crippen LogP contribution is -2.13. The maximum absolute atomic E-state index is 5.11. The van der Waals surface area contributed by atoms with Crippen LogP contribution < -0.4 is 0 Å². The van der Waals surface area contributed by atoms with Crippen molar-refractivity contribution < 1.29 is 9.47 Å². The lowest BCUT2D eigenvalue weighted by Gasteiger charge is -2.17. The van der Waals surface area contributed by atoms with Crippen LogP contribution >= 0.6 is 61.5 Å². The van der Waals surface area contributed by atoms with Gasteiger partial charge in [-0.05, 0) is 38.3 Å². The highest BCUT2D eigenvalue weighted by Crippen LogP contribution is 2.20. The Bertz CT molecular complexity index is 175. The molecule has 0 aliphatic carbocycles. The fraction of sp³-hybridized carbons (Fsp3) is 0.667. The van der Waals surface area contributed by atoms with Crippen LogP contribution in [0.1, 0.15) is 13.8 Å². The molecule has 13 heavy (non-hydrogen) atoms. The van der Waals surface area contributed by atoms with Gasteiger partial charge >= 0.3 is 0 Å². The maximum Gasteiger partial charge on any atom is 0.217 e. The molecule has 2 unspecified atom stereocenters. The Morgan fingerprint density at radius 1 is 1.08 bits per heavy atom. The van der Waals surface area contributed by atoms with Gasteiger partial charge in [0.1, 0.15) is 10.9 Å². The lowest BCUT2D eigenvalue weighted by atomic mass is 10.8. The Kier molecular flexibility index (Phi) is 7.62. The third kappa shape index (κ3) is 9.14. The first-order valence-electron chi connectivity index (χ1n) is 3.36. The number of thioether (sulfide) groups is 1. The molecule has 0 aromatic heterocycles. The van der Waals surface area contributed by atoms with Crippen molar-refractivity contribution in [2.45, 2.75) is 24.7 Å². The molecule has 0 spiro atoms. The first-order chi connectivity index (χ1) is 5.91. The fourth-order valence-electron chi connectivity index (χ4n) is 0.609. The van der Waals surface area contributed by atoms with E-state index in [4.69, 9.17) is 9.47 Å². The van der Waals surface area contributed by atoms with Crippen LogP contribution in [0.25, 0.3) is 0 Å². The van der Waals surface area contributed by atoms with Crippen LogP contribution in [-0.2, 0) is 9.47 Å². The molecule has 0 heterocycles. The molecule has 0 radical (unpaired) electrons. The summed E-state index contributed by atoms with van der Waals surface area (Å²) < 4.78 is 10.7. The molecular formula is C6H10O2S5. The summed E-state index contributed by atoms with van der Waals surface area (Å²) in [5.74, 6) is 0. The molecule has 2 nitrogen and oxygen atoms in total. The lowest BCUT2D eigenvalue weighted by molar-refractivity contribution is 0.284. The van der Waals surface area contributed by atoms with Crippen molar-refractivity contribution in [1.82, 2.24) is 0 Å². The predicted octanol–water partition coefficient (Wildman–Crippen LogP) is 2.87. The summed E-state index contributed by atoms with van der Waals surface area (Å²) in [6.45, 7) is 3.71. The third-order valence-electron chi connectivity index (χ3n) is 0.917. The first kappa shape index (κ1) is 13.8. The Morgan fingerprint density at radius 3 is 1.62 bits per heavy atom. The maximum atomic E-state index is 5.11. The van der Waals surface area contributed by atoms with Gasteiger partial charge in [0.2, 0.25) is 8.77 Å². The molecule has 7 heteroatoms. The molecule has 0 aliphatic heterocycles.